The third-order valence-electron chi connectivity index (χ3n) is 2.20. The van der Waals surface area contributed by atoms with Crippen LogP contribution in [0.5, 0.6) is 0 Å². The second-order valence-corrected chi connectivity index (χ2v) is 3.39. The summed E-state index contributed by atoms with van der Waals surface area (Å²) >= 11 is 0. The van der Waals surface area contributed by atoms with Crippen molar-refractivity contribution in [3.63, 3.8) is 0 Å². The van der Waals surface area contributed by atoms with E-state index in [1.165, 1.54) is 12.1 Å². The Labute approximate surface area is 93.5 Å². The minimum Gasteiger partial charge on any atom is -0.478 e. The monoisotopic (exact) mass is 222 g/mol. The van der Waals surface area contributed by atoms with Crippen molar-refractivity contribution in [2.45, 2.75) is 13.0 Å². The zero-order chi connectivity index (χ0) is 12.1. The number of likely N-dealkylation sites (N-methyl/N-ethyl adjacent to an activating group) is 1. The quantitative estimate of drug-likeness (QED) is 0.708. The van der Waals surface area contributed by atoms with Crippen LogP contribution < -0.4 is 10.6 Å². The van der Waals surface area contributed by atoms with Gasteiger partial charge in [-0.15, -0.1) is 0 Å². The van der Waals surface area contributed by atoms with E-state index in [-0.39, 0.29) is 17.5 Å². The molecular formula is C11H14N2O3. The van der Waals surface area contributed by atoms with Crippen molar-refractivity contribution in [2.24, 2.45) is 0 Å². The number of nitrogens with one attached hydrogen (secondary N) is 2. The van der Waals surface area contributed by atoms with E-state index in [0.717, 1.165) is 0 Å². The Bertz CT molecular complexity index is 404. The van der Waals surface area contributed by atoms with E-state index in [9.17, 15) is 9.59 Å². The summed E-state index contributed by atoms with van der Waals surface area (Å²) in [5.74, 6) is -1.22. The van der Waals surface area contributed by atoms with Crippen LogP contribution in [0.3, 0.4) is 0 Å². The summed E-state index contributed by atoms with van der Waals surface area (Å²) in [7, 11) is 1.68. The van der Waals surface area contributed by atoms with E-state index >= 15 is 0 Å². The van der Waals surface area contributed by atoms with E-state index in [2.05, 4.69) is 10.6 Å². The Hall–Kier alpha value is -1.88. The largest absolute Gasteiger partial charge is 0.478 e. The second kappa shape index (κ2) is 5.27. The standard InChI is InChI=1S/C11H14N2O3/c1-7(12-2)10(14)13-9-5-3-4-8(6-9)11(15)16/h3-7,12H,1-2H3,(H,13,14)(H,15,16). The number of carbonyl (C=O) groups is 2. The van der Waals surface area contributed by atoms with Crippen LogP contribution in [-0.2, 0) is 4.79 Å². The number of rotatable bonds is 4. The van der Waals surface area contributed by atoms with Crippen LogP contribution in [0.1, 0.15) is 17.3 Å². The fourth-order valence-electron chi connectivity index (χ4n) is 1.11. The highest BCUT2D eigenvalue weighted by Crippen LogP contribution is 2.10. The van der Waals surface area contributed by atoms with Crippen LogP contribution in [0.15, 0.2) is 24.3 Å². The third-order valence-corrected chi connectivity index (χ3v) is 2.20. The SMILES string of the molecule is CNC(C)C(=O)Nc1cccc(C(=O)O)c1. The maximum absolute atomic E-state index is 11.5. The van der Waals surface area contributed by atoms with Crippen molar-refractivity contribution in [1.29, 1.82) is 0 Å². The molecule has 0 bridgehead atoms. The molecule has 1 atom stereocenters. The lowest BCUT2D eigenvalue weighted by atomic mass is 10.2. The van der Waals surface area contributed by atoms with Crippen molar-refractivity contribution in [2.75, 3.05) is 12.4 Å². The summed E-state index contributed by atoms with van der Waals surface area (Å²) in [6.07, 6.45) is 0. The lowest BCUT2D eigenvalue weighted by Crippen LogP contribution is -2.35. The number of benzene rings is 1. The van der Waals surface area contributed by atoms with Gasteiger partial charge in [-0.2, -0.15) is 0 Å². The van der Waals surface area contributed by atoms with Gasteiger partial charge < -0.3 is 15.7 Å². The molecule has 1 amide bonds. The Morgan fingerprint density at radius 2 is 2.06 bits per heavy atom. The molecule has 0 spiro atoms. The minimum atomic E-state index is -1.02. The van der Waals surface area contributed by atoms with Gasteiger partial charge in [-0.05, 0) is 32.2 Å². The van der Waals surface area contributed by atoms with Crippen LogP contribution in [0.2, 0.25) is 0 Å². The van der Waals surface area contributed by atoms with E-state index < -0.39 is 5.97 Å². The molecule has 5 nitrogen and oxygen atoms in total. The lowest BCUT2D eigenvalue weighted by Gasteiger charge is -2.11. The number of carboxylic acids is 1. The predicted molar refractivity (Wildman–Crippen MR) is 60.6 cm³/mol. The smallest absolute Gasteiger partial charge is 0.335 e. The molecular weight excluding hydrogens is 208 g/mol. The Balaban J connectivity index is 2.78. The summed E-state index contributed by atoms with van der Waals surface area (Å²) in [6, 6.07) is 5.80. The number of anilines is 1. The van der Waals surface area contributed by atoms with Crippen LogP contribution >= 0.6 is 0 Å². The predicted octanol–water partition coefficient (Wildman–Crippen LogP) is 0.931. The summed E-state index contributed by atoms with van der Waals surface area (Å²) in [5, 5.41) is 14.2. The summed E-state index contributed by atoms with van der Waals surface area (Å²) in [5.41, 5.74) is 0.627. The number of carbonyl (C=O) groups excluding carboxylic acids is 1. The van der Waals surface area contributed by atoms with Gasteiger partial charge in [0.2, 0.25) is 5.91 Å². The summed E-state index contributed by atoms with van der Waals surface area (Å²) in [4.78, 5) is 22.2. The van der Waals surface area contributed by atoms with Crippen LogP contribution in [0, 0.1) is 0 Å². The van der Waals surface area contributed by atoms with E-state index in [0.29, 0.717) is 5.69 Å². The van der Waals surface area contributed by atoms with Crippen LogP contribution in [0.25, 0.3) is 0 Å². The zero-order valence-corrected chi connectivity index (χ0v) is 9.15. The maximum Gasteiger partial charge on any atom is 0.335 e. The molecule has 0 aliphatic heterocycles. The molecule has 5 heteroatoms. The van der Waals surface area contributed by atoms with E-state index in [1.807, 2.05) is 0 Å². The van der Waals surface area contributed by atoms with E-state index in [4.69, 9.17) is 5.11 Å². The normalized spacial score (nSPS) is 11.9. The highest BCUT2D eigenvalue weighted by molar-refractivity contribution is 5.96. The molecule has 0 aliphatic rings. The Kier molecular flexibility index (Phi) is 4.02. The molecule has 0 fully saturated rings. The first kappa shape index (κ1) is 12.2. The van der Waals surface area contributed by atoms with Gasteiger partial charge in [0.25, 0.3) is 0 Å². The highest BCUT2D eigenvalue weighted by Gasteiger charge is 2.11. The lowest BCUT2D eigenvalue weighted by molar-refractivity contribution is -0.117. The third kappa shape index (κ3) is 3.06. The topological polar surface area (TPSA) is 78.4 Å². The van der Waals surface area contributed by atoms with E-state index in [1.54, 1.807) is 26.1 Å². The van der Waals surface area contributed by atoms with Gasteiger partial charge in [-0.3, -0.25) is 4.79 Å². The van der Waals surface area contributed by atoms with Gasteiger partial charge in [0, 0.05) is 5.69 Å². The van der Waals surface area contributed by atoms with Gasteiger partial charge in [0.1, 0.15) is 0 Å². The molecule has 16 heavy (non-hydrogen) atoms. The fraction of sp³-hybridized carbons (Fsp3) is 0.273. The molecule has 1 aromatic rings. The summed E-state index contributed by atoms with van der Waals surface area (Å²) < 4.78 is 0. The number of aromatic carboxylic acids is 1. The average Bonchev–Trinajstić information content (AvgIpc) is 2.28. The molecule has 0 aliphatic carbocycles. The van der Waals surface area contributed by atoms with Gasteiger partial charge >= 0.3 is 5.97 Å². The first-order valence-electron chi connectivity index (χ1n) is 4.86. The molecule has 3 N–H and O–H groups in total. The second-order valence-electron chi connectivity index (χ2n) is 3.39. The minimum absolute atomic E-state index is 0.148. The van der Waals surface area contributed by atoms with Gasteiger partial charge in [-0.25, -0.2) is 4.79 Å². The molecule has 1 aromatic carbocycles. The molecule has 0 saturated carbocycles. The van der Waals surface area contributed by atoms with Crippen molar-refractivity contribution in [3.05, 3.63) is 29.8 Å². The maximum atomic E-state index is 11.5. The van der Waals surface area contributed by atoms with Crippen molar-refractivity contribution in [3.8, 4) is 0 Å². The number of hydrogen-bond acceptors (Lipinski definition) is 3. The molecule has 0 heterocycles. The first-order valence-corrected chi connectivity index (χ1v) is 4.86. The van der Waals surface area contributed by atoms with Crippen molar-refractivity contribution < 1.29 is 14.7 Å². The Morgan fingerprint density at radius 1 is 1.38 bits per heavy atom. The van der Waals surface area contributed by atoms with Crippen molar-refractivity contribution in [1.82, 2.24) is 5.32 Å². The zero-order valence-electron chi connectivity index (χ0n) is 9.15. The van der Waals surface area contributed by atoms with Crippen LogP contribution in [0.4, 0.5) is 5.69 Å². The molecule has 0 aromatic heterocycles. The van der Waals surface area contributed by atoms with Gasteiger partial charge in [0.05, 0.1) is 11.6 Å². The molecule has 1 rings (SSSR count). The van der Waals surface area contributed by atoms with Gasteiger partial charge in [0.15, 0.2) is 0 Å². The van der Waals surface area contributed by atoms with Crippen molar-refractivity contribution >= 4 is 17.6 Å². The van der Waals surface area contributed by atoms with Crippen LogP contribution in [-0.4, -0.2) is 30.1 Å². The molecule has 0 saturated heterocycles. The fourth-order valence-corrected chi connectivity index (χ4v) is 1.11. The molecule has 1 unspecified atom stereocenters. The number of amides is 1. The highest BCUT2D eigenvalue weighted by atomic mass is 16.4. The van der Waals surface area contributed by atoms with Gasteiger partial charge in [-0.1, -0.05) is 6.07 Å². The Morgan fingerprint density at radius 3 is 2.62 bits per heavy atom. The first-order chi connectivity index (χ1) is 7.54. The number of carboxylic acid groups (broad SMARTS) is 1. The summed E-state index contributed by atoms with van der Waals surface area (Å²) in [6.45, 7) is 1.72. The molecule has 86 valence electrons. The molecule has 0 radical (unpaired) electrons. The number of hydrogen-bond donors (Lipinski definition) is 3. The average molecular weight is 222 g/mol.